The van der Waals surface area contributed by atoms with Crippen molar-refractivity contribution in [2.75, 3.05) is 5.32 Å². The quantitative estimate of drug-likeness (QED) is 0.728. The van der Waals surface area contributed by atoms with Crippen LogP contribution in [0.25, 0.3) is 11.0 Å². The molecular formula is C15H15N3. The lowest BCUT2D eigenvalue weighted by Crippen LogP contribution is -2.07. The Kier molecular flexibility index (Phi) is 2.73. The molecule has 3 nitrogen and oxygen atoms in total. The molecule has 2 aromatic carbocycles. The number of hydrogen-bond donors (Lipinski definition) is 2. The molecular weight excluding hydrogens is 222 g/mol. The van der Waals surface area contributed by atoms with Gasteiger partial charge < -0.3 is 10.3 Å². The first-order chi connectivity index (χ1) is 8.83. The third-order valence-electron chi connectivity index (χ3n) is 3.04. The molecule has 2 N–H and O–H groups in total. The molecule has 1 atom stereocenters. The number of anilines is 1. The van der Waals surface area contributed by atoms with E-state index in [1.807, 2.05) is 42.5 Å². The summed E-state index contributed by atoms with van der Waals surface area (Å²) in [7, 11) is 0. The summed E-state index contributed by atoms with van der Waals surface area (Å²) in [5.74, 6) is 0.813. The van der Waals surface area contributed by atoms with Crippen LogP contribution in [0.15, 0.2) is 54.6 Å². The van der Waals surface area contributed by atoms with Crippen LogP contribution >= 0.6 is 0 Å². The van der Waals surface area contributed by atoms with Gasteiger partial charge in [-0.15, -0.1) is 0 Å². The van der Waals surface area contributed by atoms with Crippen molar-refractivity contribution in [2.24, 2.45) is 0 Å². The Morgan fingerprint density at radius 2 is 1.72 bits per heavy atom. The van der Waals surface area contributed by atoms with Gasteiger partial charge in [0.25, 0.3) is 0 Å². The number of aromatic nitrogens is 2. The van der Waals surface area contributed by atoms with Crippen molar-refractivity contribution < 1.29 is 0 Å². The topological polar surface area (TPSA) is 40.7 Å². The average Bonchev–Trinajstić information content (AvgIpc) is 2.82. The predicted molar refractivity (Wildman–Crippen MR) is 74.6 cm³/mol. The Morgan fingerprint density at radius 1 is 1.00 bits per heavy atom. The van der Waals surface area contributed by atoms with Gasteiger partial charge in [-0.25, -0.2) is 4.98 Å². The predicted octanol–water partition coefficient (Wildman–Crippen LogP) is 3.74. The number of nitrogens with one attached hydrogen (secondary N) is 2. The van der Waals surface area contributed by atoms with E-state index in [0.29, 0.717) is 0 Å². The fourth-order valence-electron chi connectivity index (χ4n) is 2.05. The van der Waals surface area contributed by atoms with Crippen molar-refractivity contribution in [2.45, 2.75) is 13.0 Å². The summed E-state index contributed by atoms with van der Waals surface area (Å²) in [6.07, 6.45) is 0. The van der Waals surface area contributed by atoms with Gasteiger partial charge in [-0.05, 0) is 24.6 Å². The summed E-state index contributed by atoms with van der Waals surface area (Å²) >= 11 is 0. The minimum absolute atomic E-state index is 0.228. The fourth-order valence-corrected chi connectivity index (χ4v) is 2.05. The van der Waals surface area contributed by atoms with Crippen LogP contribution in [-0.2, 0) is 0 Å². The summed E-state index contributed by atoms with van der Waals surface area (Å²) in [6.45, 7) is 2.13. The van der Waals surface area contributed by atoms with Crippen LogP contribution in [0, 0.1) is 0 Å². The Labute approximate surface area is 106 Å². The van der Waals surface area contributed by atoms with Crippen molar-refractivity contribution in [3.05, 3.63) is 60.2 Å². The molecule has 0 saturated heterocycles. The number of rotatable bonds is 3. The number of benzene rings is 2. The van der Waals surface area contributed by atoms with Gasteiger partial charge >= 0.3 is 0 Å². The lowest BCUT2D eigenvalue weighted by atomic mass is 10.1. The highest BCUT2D eigenvalue weighted by molar-refractivity contribution is 5.77. The minimum Gasteiger partial charge on any atom is -0.349 e. The number of H-pyrrole nitrogens is 1. The molecule has 0 unspecified atom stereocenters. The van der Waals surface area contributed by atoms with Crippen LogP contribution in [0.2, 0.25) is 0 Å². The number of nitrogens with zero attached hydrogens (tertiary/aromatic N) is 1. The second-order valence-electron chi connectivity index (χ2n) is 4.38. The highest BCUT2D eigenvalue weighted by Crippen LogP contribution is 2.19. The Hall–Kier alpha value is -2.29. The highest BCUT2D eigenvalue weighted by Gasteiger charge is 2.07. The van der Waals surface area contributed by atoms with Gasteiger partial charge in [-0.3, -0.25) is 0 Å². The average molecular weight is 237 g/mol. The molecule has 1 aromatic heterocycles. The second kappa shape index (κ2) is 4.53. The van der Waals surface area contributed by atoms with Crippen LogP contribution in [0.1, 0.15) is 18.5 Å². The smallest absolute Gasteiger partial charge is 0.201 e. The molecule has 3 rings (SSSR count). The molecule has 1 heterocycles. The van der Waals surface area contributed by atoms with E-state index in [4.69, 9.17) is 0 Å². The molecule has 90 valence electrons. The zero-order valence-electron chi connectivity index (χ0n) is 10.2. The molecule has 0 amide bonds. The van der Waals surface area contributed by atoms with Crippen LogP contribution in [0.3, 0.4) is 0 Å². The van der Waals surface area contributed by atoms with E-state index in [2.05, 4.69) is 34.3 Å². The van der Waals surface area contributed by atoms with Gasteiger partial charge in [-0.2, -0.15) is 0 Å². The Balaban J connectivity index is 1.84. The van der Waals surface area contributed by atoms with E-state index in [-0.39, 0.29) is 6.04 Å². The maximum Gasteiger partial charge on any atom is 0.201 e. The summed E-state index contributed by atoms with van der Waals surface area (Å²) < 4.78 is 0. The molecule has 0 bridgehead atoms. The standard InChI is InChI=1S/C15H15N3/c1-11(12-7-3-2-4-8-12)16-15-17-13-9-5-6-10-14(13)18-15/h2-11H,1H3,(H2,16,17,18)/t11-/m0/s1. The first-order valence-corrected chi connectivity index (χ1v) is 6.09. The molecule has 0 fully saturated rings. The van der Waals surface area contributed by atoms with Crippen LogP contribution in [-0.4, -0.2) is 9.97 Å². The summed E-state index contributed by atoms with van der Waals surface area (Å²) in [5, 5.41) is 3.38. The van der Waals surface area contributed by atoms with E-state index in [0.717, 1.165) is 17.0 Å². The van der Waals surface area contributed by atoms with E-state index >= 15 is 0 Å². The van der Waals surface area contributed by atoms with Gasteiger partial charge in [0.15, 0.2) is 0 Å². The number of imidazole rings is 1. The molecule has 0 aliphatic carbocycles. The molecule has 0 spiro atoms. The van der Waals surface area contributed by atoms with Crippen LogP contribution in [0.4, 0.5) is 5.95 Å². The molecule has 3 heteroatoms. The van der Waals surface area contributed by atoms with Gasteiger partial charge in [0.05, 0.1) is 17.1 Å². The van der Waals surface area contributed by atoms with E-state index in [9.17, 15) is 0 Å². The number of para-hydroxylation sites is 2. The SMILES string of the molecule is C[C@H](Nc1nc2ccccc2[nH]1)c1ccccc1. The van der Waals surface area contributed by atoms with Crippen molar-refractivity contribution in [1.82, 2.24) is 9.97 Å². The maximum atomic E-state index is 4.51. The van der Waals surface area contributed by atoms with E-state index in [1.165, 1.54) is 5.56 Å². The minimum atomic E-state index is 0.228. The first kappa shape index (κ1) is 10.8. The molecule has 0 saturated carbocycles. The third kappa shape index (κ3) is 2.07. The van der Waals surface area contributed by atoms with Gasteiger partial charge in [0.2, 0.25) is 5.95 Å². The monoisotopic (exact) mass is 237 g/mol. The Bertz CT molecular complexity index is 610. The van der Waals surface area contributed by atoms with Gasteiger partial charge in [-0.1, -0.05) is 42.5 Å². The van der Waals surface area contributed by atoms with Crippen molar-refractivity contribution in [3.8, 4) is 0 Å². The van der Waals surface area contributed by atoms with Crippen molar-refractivity contribution >= 4 is 17.0 Å². The summed E-state index contributed by atoms with van der Waals surface area (Å²) in [6, 6.07) is 18.6. The molecule has 0 aliphatic rings. The van der Waals surface area contributed by atoms with Crippen LogP contribution in [0.5, 0.6) is 0 Å². The fraction of sp³-hybridized carbons (Fsp3) is 0.133. The lowest BCUT2D eigenvalue weighted by Gasteiger charge is -2.12. The highest BCUT2D eigenvalue weighted by atomic mass is 15.1. The van der Waals surface area contributed by atoms with E-state index < -0.39 is 0 Å². The lowest BCUT2D eigenvalue weighted by molar-refractivity contribution is 0.869. The Morgan fingerprint density at radius 3 is 2.50 bits per heavy atom. The summed E-state index contributed by atoms with van der Waals surface area (Å²) in [4.78, 5) is 7.79. The summed E-state index contributed by atoms with van der Waals surface area (Å²) in [5.41, 5.74) is 3.29. The first-order valence-electron chi connectivity index (χ1n) is 6.09. The zero-order chi connectivity index (χ0) is 12.4. The van der Waals surface area contributed by atoms with Crippen molar-refractivity contribution in [3.63, 3.8) is 0 Å². The van der Waals surface area contributed by atoms with Gasteiger partial charge in [0, 0.05) is 0 Å². The van der Waals surface area contributed by atoms with Gasteiger partial charge in [0.1, 0.15) is 0 Å². The second-order valence-corrected chi connectivity index (χ2v) is 4.38. The molecule has 18 heavy (non-hydrogen) atoms. The number of hydrogen-bond acceptors (Lipinski definition) is 2. The molecule has 0 radical (unpaired) electrons. The van der Waals surface area contributed by atoms with Crippen molar-refractivity contribution in [1.29, 1.82) is 0 Å². The van der Waals surface area contributed by atoms with Crippen LogP contribution < -0.4 is 5.32 Å². The largest absolute Gasteiger partial charge is 0.349 e. The zero-order valence-corrected chi connectivity index (χ0v) is 10.2. The maximum absolute atomic E-state index is 4.51. The number of fused-ring (bicyclic) bond motifs is 1. The molecule has 0 aliphatic heterocycles. The van der Waals surface area contributed by atoms with E-state index in [1.54, 1.807) is 0 Å². The molecule has 3 aromatic rings. The normalized spacial score (nSPS) is 12.5. The number of aromatic amines is 1. The third-order valence-corrected chi connectivity index (χ3v) is 3.04.